The molecule has 0 spiro atoms. The van der Waals surface area contributed by atoms with E-state index in [0.717, 1.165) is 6.04 Å². The summed E-state index contributed by atoms with van der Waals surface area (Å²) in [7, 11) is 0. The van der Waals surface area contributed by atoms with Crippen molar-refractivity contribution in [3.05, 3.63) is 0 Å². The van der Waals surface area contributed by atoms with Crippen LogP contribution in [-0.2, 0) is 0 Å². The Morgan fingerprint density at radius 1 is 1.20 bits per heavy atom. The lowest BCUT2D eigenvalue weighted by atomic mass is 10.3. The predicted molar refractivity (Wildman–Crippen MR) is 50.3 cm³/mol. The van der Waals surface area contributed by atoms with Crippen LogP contribution in [0.4, 0.5) is 0 Å². The molecule has 2 heteroatoms. The molecule has 1 nitrogen and oxygen atoms in total. The van der Waals surface area contributed by atoms with E-state index in [0.29, 0.717) is 0 Å². The van der Waals surface area contributed by atoms with E-state index in [2.05, 4.69) is 11.0 Å². The second-order valence-corrected chi connectivity index (χ2v) is 2.95. The maximum atomic E-state index is 3.36. The average Bonchev–Trinajstić information content (AvgIpc) is 2.46. The van der Waals surface area contributed by atoms with Crippen molar-refractivity contribution in [2.45, 2.75) is 45.6 Å². The highest BCUT2D eigenvalue weighted by atomic mass is 32.2. The summed E-state index contributed by atoms with van der Waals surface area (Å²) in [5.41, 5.74) is 0. The van der Waals surface area contributed by atoms with Crippen molar-refractivity contribution in [1.29, 1.82) is 0 Å². The van der Waals surface area contributed by atoms with Gasteiger partial charge in [0.25, 0.3) is 0 Å². The van der Waals surface area contributed by atoms with Crippen LogP contribution in [0.15, 0.2) is 0 Å². The summed E-state index contributed by atoms with van der Waals surface area (Å²) in [4.78, 5) is 0. The highest BCUT2D eigenvalue weighted by molar-refractivity contribution is 7.96. The molecule has 0 saturated heterocycles. The van der Waals surface area contributed by atoms with Crippen LogP contribution in [0.5, 0.6) is 0 Å². The van der Waals surface area contributed by atoms with Gasteiger partial charge in [-0.3, -0.25) is 4.72 Å². The molecule has 1 rings (SSSR count). The summed E-state index contributed by atoms with van der Waals surface area (Å²) in [6, 6.07) is 0.824. The van der Waals surface area contributed by atoms with Gasteiger partial charge in [-0.2, -0.15) is 0 Å². The van der Waals surface area contributed by atoms with E-state index in [-0.39, 0.29) is 0 Å². The standard InChI is InChI=1S/C6H13NS.C2H6/c1-8-7-6-4-2-3-5-6;1-2/h6-7H,2-5H2,1H3;1-2H3. The van der Waals surface area contributed by atoms with Crippen LogP contribution in [0, 0.1) is 0 Å². The van der Waals surface area contributed by atoms with Gasteiger partial charge < -0.3 is 0 Å². The molecular weight excluding hydrogens is 142 g/mol. The minimum Gasteiger partial charge on any atom is -0.261 e. The molecule has 0 aromatic heterocycles. The van der Waals surface area contributed by atoms with Gasteiger partial charge in [-0.15, -0.1) is 0 Å². The molecule has 0 amide bonds. The van der Waals surface area contributed by atoms with Crippen molar-refractivity contribution in [2.75, 3.05) is 6.26 Å². The molecule has 0 radical (unpaired) electrons. The van der Waals surface area contributed by atoms with Crippen molar-refractivity contribution >= 4 is 11.9 Å². The zero-order chi connectivity index (χ0) is 7.82. The molecule has 0 atom stereocenters. The van der Waals surface area contributed by atoms with Gasteiger partial charge in [-0.05, 0) is 19.1 Å². The van der Waals surface area contributed by atoms with Gasteiger partial charge in [0.2, 0.25) is 0 Å². The van der Waals surface area contributed by atoms with Crippen molar-refractivity contribution in [3.63, 3.8) is 0 Å². The molecule has 0 heterocycles. The first kappa shape index (κ1) is 10.3. The number of hydrogen-bond acceptors (Lipinski definition) is 2. The van der Waals surface area contributed by atoms with Gasteiger partial charge in [0.15, 0.2) is 0 Å². The Kier molecular flexibility index (Phi) is 7.65. The Hall–Kier alpha value is 0.310. The van der Waals surface area contributed by atoms with Crippen LogP contribution in [0.3, 0.4) is 0 Å². The van der Waals surface area contributed by atoms with Crippen molar-refractivity contribution < 1.29 is 0 Å². The number of rotatable bonds is 2. The molecule has 1 N–H and O–H groups in total. The van der Waals surface area contributed by atoms with Gasteiger partial charge in [0.1, 0.15) is 0 Å². The third-order valence-corrected chi connectivity index (χ3v) is 2.21. The van der Waals surface area contributed by atoms with Crippen LogP contribution in [0.2, 0.25) is 0 Å². The second-order valence-electron chi connectivity index (χ2n) is 2.30. The fourth-order valence-corrected chi connectivity index (χ4v) is 1.78. The molecule has 0 bridgehead atoms. The SMILES string of the molecule is CC.CSNC1CCCC1. The molecule has 62 valence electrons. The lowest BCUT2D eigenvalue weighted by molar-refractivity contribution is 0.658. The zero-order valence-corrected chi connectivity index (χ0v) is 8.13. The summed E-state index contributed by atoms with van der Waals surface area (Å²) in [6.45, 7) is 4.00. The molecule has 1 aliphatic carbocycles. The molecule has 0 aromatic rings. The third kappa shape index (κ3) is 4.18. The molecular formula is C8H19NS. The first-order valence-corrected chi connectivity index (χ1v) is 5.44. The van der Waals surface area contributed by atoms with E-state index in [9.17, 15) is 0 Å². The zero-order valence-electron chi connectivity index (χ0n) is 7.31. The van der Waals surface area contributed by atoms with E-state index >= 15 is 0 Å². The van der Waals surface area contributed by atoms with Crippen LogP contribution >= 0.6 is 11.9 Å². The predicted octanol–water partition coefficient (Wildman–Crippen LogP) is 2.82. The van der Waals surface area contributed by atoms with Gasteiger partial charge in [0, 0.05) is 6.04 Å². The summed E-state index contributed by atoms with van der Waals surface area (Å²) in [5.74, 6) is 0. The molecule has 10 heavy (non-hydrogen) atoms. The Morgan fingerprint density at radius 3 is 2.10 bits per heavy atom. The largest absolute Gasteiger partial charge is 0.261 e. The first-order valence-electron chi connectivity index (χ1n) is 4.22. The van der Waals surface area contributed by atoms with Crippen LogP contribution < -0.4 is 4.72 Å². The summed E-state index contributed by atoms with van der Waals surface area (Å²) < 4.78 is 3.36. The minimum atomic E-state index is 0.824. The van der Waals surface area contributed by atoms with E-state index in [1.54, 1.807) is 11.9 Å². The van der Waals surface area contributed by atoms with E-state index in [1.807, 2.05) is 13.8 Å². The van der Waals surface area contributed by atoms with E-state index in [4.69, 9.17) is 0 Å². The molecule has 1 saturated carbocycles. The lowest BCUT2D eigenvalue weighted by Crippen LogP contribution is -2.17. The molecule has 0 unspecified atom stereocenters. The normalized spacial score (nSPS) is 18.3. The van der Waals surface area contributed by atoms with Gasteiger partial charge >= 0.3 is 0 Å². The summed E-state index contributed by atoms with van der Waals surface area (Å²) in [5, 5.41) is 0. The van der Waals surface area contributed by atoms with Crippen LogP contribution in [0.25, 0.3) is 0 Å². The monoisotopic (exact) mass is 161 g/mol. The third-order valence-electron chi connectivity index (χ3n) is 1.64. The van der Waals surface area contributed by atoms with Crippen molar-refractivity contribution in [2.24, 2.45) is 0 Å². The highest BCUT2D eigenvalue weighted by Gasteiger charge is 2.12. The highest BCUT2D eigenvalue weighted by Crippen LogP contribution is 2.18. The fraction of sp³-hybridized carbons (Fsp3) is 1.00. The Bertz CT molecular complexity index is 60.3. The Morgan fingerprint density at radius 2 is 1.70 bits per heavy atom. The lowest BCUT2D eigenvalue weighted by Gasteiger charge is -2.06. The maximum absolute atomic E-state index is 3.36. The topological polar surface area (TPSA) is 12.0 Å². The van der Waals surface area contributed by atoms with Crippen LogP contribution in [0.1, 0.15) is 39.5 Å². The Balaban J connectivity index is 0.000000371. The molecule has 1 aliphatic rings. The quantitative estimate of drug-likeness (QED) is 0.625. The van der Waals surface area contributed by atoms with E-state index < -0.39 is 0 Å². The number of nitrogens with one attached hydrogen (secondary N) is 1. The first-order chi connectivity index (χ1) is 4.93. The van der Waals surface area contributed by atoms with Crippen molar-refractivity contribution in [3.8, 4) is 0 Å². The van der Waals surface area contributed by atoms with Gasteiger partial charge in [0.05, 0.1) is 0 Å². The summed E-state index contributed by atoms with van der Waals surface area (Å²) >= 11 is 1.75. The summed E-state index contributed by atoms with van der Waals surface area (Å²) in [6.07, 6.45) is 7.73. The van der Waals surface area contributed by atoms with E-state index in [1.165, 1.54) is 25.7 Å². The fourth-order valence-electron chi connectivity index (χ4n) is 1.21. The van der Waals surface area contributed by atoms with Crippen LogP contribution in [-0.4, -0.2) is 12.3 Å². The minimum absolute atomic E-state index is 0.824. The molecule has 0 aromatic carbocycles. The molecule has 1 fully saturated rings. The van der Waals surface area contributed by atoms with Crippen molar-refractivity contribution in [1.82, 2.24) is 4.72 Å². The second kappa shape index (κ2) is 7.42. The Labute approximate surface area is 69.1 Å². The maximum Gasteiger partial charge on any atom is 0.0171 e. The molecule has 0 aliphatic heterocycles. The van der Waals surface area contributed by atoms with Gasteiger partial charge in [-0.1, -0.05) is 38.6 Å². The number of hydrogen-bond donors (Lipinski definition) is 1. The average molecular weight is 161 g/mol. The smallest absolute Gasteiger partial charge is 0.0171 e. The van der Waals surface area contributed by atoms with Gasteiger partial charge in [-0.25, -0.2) is 0 Å².